The molecule has 2 saturated heterocycles. The molecular weight excluding hydrogens is 372 g/mol. The predicted molar refractivity (Wildman–Crippen MR) is 105 cm³/mol. The fourth-order valence-corrected chi connectivity index (χ4v) is 3.85. The lowest BCUT2D eigenvalue weighted by molar-refractivity contribution is 0.00930. The fourth-order valence-electron chi connectivity index (χ4n) is 3.85. The number of aryl methyl sites for hydroxylation is 1. The lowest BCUT2D eigenvalue weighted by Gasteiger charge is -2.31. The number of nitrogens with zero attached hydrogens (tertiary/aromatic N) is 4. The first-order valence-electron chi connectivity index (χ1n) is 10.4. The SMILES string of the molecule is Cc1cccc(C(=O)N2CCC(OCCc3noc(C4CCOCC4)n3)CC2)n1. The van der Waals surface area contributed by atoms with Crippen molar-refractivity contribution in [3.05, 3.63) is 41.3 Å². The Morgan fingerprint density at radius 3 is 2.72 bits per heavy atom. The molecule has 0 saturated carbocycles. The van der Waals surface area contributed by atoms with Gasteiger partial charge in [0.2, 0.25) is 5.89 Å². The van der Waals surface area contributed by atoms with Gasteiger partial charge in [-0.25, -0.2) is 4.98 Å². The Balaban J connectivity index is 1.19. The number of carbonyl (C=O) groups excluding carboxylic acids is 1. The summed E-state index contributed by atoms with van der Waals surface area (Å²) in [7, 11) is 0. The van der Waals surface area contributed by atoms with E-state index in [1.807, 2.05) is 24.0 Å². The normalized spacial score (nSPS) is 18.9. The van der Waals surface area contributed by atoms with Crippen LogP contribution in [0.15, 0.2) is 22.7 Å². The molecule has 8 nitrogen and oxygen atoms in total. The van der Waals surface area contributed by atoms with Crippen LogP contribution in [-0.2, 0) is 15.9 Å². The van der Waals surface area contributed by atoms with Gasteiger partial charge in [-0.05, 0) is 44.7 Å². The minimum absolute atomic E-state index is 0.000380. The van der Waals surface area contributed by atoms with Gasteiger partial charge in [-0.1, -0.05) is 11.2 Å². The van der Waals surface area contributed by atoms with Crippen LogP contribution in [0.5, 0.6) is 0 Å². The number of aromatic nitrogens is 3. The van der Waals surface area contributed by atoms with Crippen LogP contribution in [0.1, 0.15) is 59.5 Å². The van der Waals surface area contributed by atoms with Crippen molar-refractivity contribution in [1.29, 1.82) is 0 Å². The second kappa shape index (κ2) is 9.45. The van der Waals surface area contributed by atoms with E-state index in [1.165, 1.54) is 0 Å². The van der Waals surface area contributed by atoms with Crippen LogP contribution < -0.4 is 0 Å². The summed E-state index contributed by atoms with van der Waals surface area (Å²) in [6.45, 7) is 5.35. The zero-order valence-electron chi connectivity index (χ0n) is 16.9. The molecule has 4 heterocycles. The molecule has 8 heteroatoms. The Kier molecular flexibility index (Phi) is 6.51. The number of piperidine rings is 1. The largest absolute Gasteiger partial charge is 0.381 e. The van der Waals surface area contributed by atoms with Crippen LogP contribution in [0.4, 0.5) is 0 Å². The van der Waals surface area contributed by atoms with E-state index < -0.39 is 0 Å². The van der Waals surface area contributed by atoms with Crippen molar-refractivity contribution >= 4 is 5.91 Å². The Labute approximate surface area is 170 Å². The molecule has 0 aliphatic carbocycles. The monoisotopic (exact) mass is 400 g/mol. The number of likely N-dealkylation sites (tertiary alicyclic amines) is 1. The number of hydrogen-bond acceptors (Lipinski definition) is 7. The van der Waals surface area contributed by atoms with Crippen LogP contribution >= 0.6 is 0 Å². The molecule has 0 N–H and O–H groups in total. The number of rotatable bonds is 6. The standard InChI is InChI=1S/C21H28N4O4/c1-15-3-2-4-18(22-15)21(26)25-10-5-17(6-11-25)28-14-9-19-23-20(29-24-19)16-7-12-27-13-8-16/h2-4,16-17H,5-14H2,1H3. The van der Waals surface area contributed by atoms with E-state index in [9.17, 15) is 4.79 Å². The lowest BCUT2D eigenvalue weighted by Crippen LogP contribution is -2.41. The zero-order valence-corrected chi connectivity index (χ0v) is 16.9. The average Bonchev–Trinajstić information content (AvgIpc) is 3.23. The zero-order chi connectivity index (χ0) is 20.1. The van der Waals surface area contributed by atoms with Crippen LogP contribution in [0.2, 0.25) is 0 Å². The molecule has 4 rings (SSSR count). The van der Waals surface area contributed by atoms with Gasteiger partial charge >= 0.3 is 0 Å². The smallest absolute Gasteiger partial charge is 0.272 e. The molecule has 0 atom stereocenters. The molecule has 2 aliphatic rings. The van der Waals surface area contributed by atoms with Crippen molar-refractivity contribution in [3.63, 3.8) is 0 Å². The van der Waals surface area contributed by atoms with Gasteiger partial charge in [-0.3, -0.25) is 4.79 Å². The highest BCUT2D eigenvalue weighted by Gasteiger charge is 2.25. The summed E-state index contributed by atoms with van der Waals surface area (Å²) in [5.41, 5.74) is 1.37. The fraction of sp³-hybridized carbons (Fsp3) is 0.619. The minimum atomic E-state index is -0.000380. The molecule has 29 heavy (non-hydrogen) atoms. The van der Waals surface area contributed by atoms with Crippen molar-refractivity contribution < 1.29 is 18.8 Å². The van der Waals surface area contributed by atoms with Crippen molar-refractivity contribution in [2.45, 2.75) is 51.0 Å². The first-order valence-corrected chi connectivity index (χ1v) is 10.4. The quantitative estimate of drug-likeness (QED) is 0.736. The van der Waals surface area contributed by atoms with Gasteiger partial charge in [-0.15, -0.1) is 0 Å². The first kappa shape index (κ1) is 20.0. The van der Waals surface area contributed by atoms with Gasteiger partial charge in [-0.2, -0.15) is 4.98 Å². The average molecular weight is 400 g/mol. The summed E-state index contributed by atoms with van der Waals surface area (Å²) < 4.78 is 16.8. The highest BCUT2D eigenvalue weighted by atomic mass is 16.5. The Morgan fingerprint density at radius 2 is 1.97 bits per heavy atom. The summed E-state index contributed by atoms with van der Waals surface area (Å²) in [5, 5.41) is 4.08. The molecule has 0 bridgehead atoms. The number of hydrogen-bond donors (Lipinski definition) is 0. The van der Waals surface area contributed by atoms with E-state index in [2.05, 4.69) is 15.1 Å². The predicted octanol–water partition coefficient (Wildman–Crippen LogP) is 2.53. The number of carbonyl (C=O) groups is 1. The molecule has 0 spiro atoms. The number of ether oxygens (including phenoxy) is 2. The van der Waals surface area contributed by atoms with E-state index in [4.69, 9.17) is 14.0 Å². The van der Waals surface area contributed by atoms with E-state index >= 15 is 0 Å². The van der Waals surface area contributed by atoms with Crippen LogP contribution in [0, 0.1) is 6.92 Å². The highest BCUT2D eigenvalue weighted by molar-refractivity contribution is 5.92. The maximum Gasteiger partial charge on any atom is 0.272 e. The van der Waals surface area contributed by atoms with Gasteiger partial charge in [0.05, 0.1) is 12.7 Å². The Morgan fingerprint density at radius 1 is 1.17 bits per heavy atom. The third kappa shape index (κ3) is 5.19. The first-order chi connectivity index (χ1) is 14.2. The van der Waals surface area contributed by atoms with E-state index in [0.717, 1.165) is 50.5 Å². The molecule has 2 fully saturated rings. The van der Waals surface area contributed by atoms with Crippen LogP contribution in [0.3, 0.4) is 0 Å². The van der Waals surface area contributed by atoms with E-state index in [1.54, 1.807) is 6.07 Å². The van der Waals surface area contributed by atoms with Crippen molar-refractivity contribution in [1.82, 2.24) is 20.0 Å². The molecule has 2 aliphatic heterocycles. The molecule has 156 valence electrons. The summed E-state index contributed by atoms with van der Waals surface area (Å²) in [6.07, 6.45) is 4.33. The summed E-state index contributed by atoms with van der Waals surface area (Å²) >= 11 is 0. The van der Waals surface area contributed by atoms with Gasteiger partial charge < -0.3 is 18.9 Å². The number of pyridine rings is 1. The van der Waals surface area contributed by atoms with Gasteiger partial charge in [0, 0.05) is 44.3 Å². The maximum atomic E-state index is 12.6. The molecule has 0 radical (unpaired) electrons. The molecular formula is C21H28N4O4. The van der Waals surface area contributed by atoms with Crippen molar-refractivity contribution in [2.75, 3.05) is 32.9 Å². The second-order valence-electron chi connectivity index (χ2n) is 7.71. The van der Waals surface area contributed by atoms with E-state index in [-0.39, 0.29) is 12.0 Å². The third-order valence-corrected chi connectivity index (χ3v) is 5.57. The van der Waals surface area contributed by atoms with Crippen molar-refractivity contribution in [2.24, 2.45) is 0 Å². The summed E-state index contributed by atoms with van der Waals surface area (Å²) in [6, 6.07) is 5.54. The maximum absolute atomic E-state index is 12.6. The Hall–Kier alpha value is -2.32. The van der Waals surface area contributed by atoms with Crippen molar-refractivity contribution in [3.8, 4) is 0 Å². The second-order valence-corrected chi connectivity index (χ2v) is 7.71. The minimum Gasteiger partial charge on any atom is -0.381 e. The lowest BCUT2D eigenvalue weighted by atomic mass is 10.0. The summed E-state index contributed by atoms with van der Waals surface area (Å²) in [4.78, 5) is 23.3. The van der Waals surface area contributed by atoms with Gasteiger partial charge in [0.15, 0.2) is 5.82 Å². The van der Waals surface area contributed by atoms with E-state index in [0.29, 0.717) is 43.6 Å². The molecule has 1 amide bonds. The Bertz CT molecular complexity index is 811. The third-order valence-electron chi connectivity index (χ3n) is 5.57. The van der Waals surface area contributed by atoms with Gasteiger partial charge in [0.1, 0.15) is 5.69 Å². The van der Waals surface area contributed by atoms with Crippen LogP contribution in [-0.4, -0.2) is 64.9 Å². The molecule has 2 aromatic heterocycles. The topological polar surface area (TPSA) is 90.6 Å². The van der Waals surface area contributed by atoms with Crippen LogP contribution in [0.25, 0.3) is 0 Å². The highest BCUT2D eigenvalue weighted by Crippen LogP contribution is 2.25. The van der Waals surface area contributed by atoms with Gasteiger partial charge in [0.25, 0.3) is 5.91 Å². The molecule has 2 aromatic rings. The molecule has 0 unspecified atom stereocenters. The molecule has 0 aromatic carbocycles. The summed E-state index contributed by atoms with van der Waals surface area (Å²) in [5.74, 6) is 1.74. The number of amides is 1.